The van der Waals surface area contributed by atoms with Crippen molar-refractivity contribution in [1.82, 2.24) is 10.2 Å². The first kappa shape index (κ1) is 35.2. The first-order valence-electron chi connectivity index (χ1n) is 15.2. The highest BCUT2D eigenvalue weighted by Crippen LogP contribution is 2.33. The van der Waals surface area contributed by atoms with E-state index >= 15 is 0 Å². The first-order valence-corrected chi connectivity index (χ1v) is 16.6. The molecular formula is C36H38F3N3O4S. The number of rotatable bonds is 13. The molecule has 0 aliphatic carbocycles. The van der Waals surface area contributed by atoms with Crippen LogP contribution in [0.3, 0.4) is 0 Å². The van der Waals surface area contributed by atoms with Crippen LogP contribution in [0.2, 0.25) is 0 Å². The van der Waals surface area contributed by atoms with Gasteiger partial charge in [-0.3, -0.25) is 13.9 Å². The summed E-state index contributed by atoms with van der Waals surface area (Å²) in [6.07, 6.45) is -4.63. The van der Waals surface area contributed by atoms with Gasteiger partial charge in [0.25, 0.3) is 10.0 Å². The number of carbonyl (C=O) groups is 2. The molecule has 0 saturated heterocycles. The van der Waals surface area contributed by atoms with Gasteiger partial charge >= 0.3 is 6.18 Å². The van der Waals surface area contributed by atoms with E-state index in [1.54, 1.807) is 49.4 Å². The van der Waals surface area contributed by atoms with Crippen molar-refractivity contribution in [1.29, 1.82) is 0 Å². The van der Waals surface area contributed by atoms with Crippen LogP contribution in [-0.2, 0) is 38.8 Å². The molecule has 0 heterocycles. The Kier molecular flexibility index (Phi) is 11.5. The number of nitrogens with one attached hydrogen (secondary N) is 1. The van der Waals surface area contributed by atoms with Gasteiger partial charge in [0.1, 0.15) is 12.6 Å². The van der Waals surface area contributed by atoms with Gasteiger partial charge < -0.3 is 10.2 Å². The second-order valence-corrected chi connectivity index (χ2v) is 13.6. The molecule has 4 aromatic rings. The van der Waals surface area contributed by atoms with Crippen molar-refractivity contribution in [2.45, 2.75) is 50.9 Å². The fraction of sp³-hybridized carbons (Fsp3) is 0.278. The summed E-state index contributed by atoms with van der Waals surface area (Å²) in [5.41, 5.74) is 0.823. The van der Waals surface area contributed by atoms with E-state index in [1.165, 1.54) is 23.1 Å². The molecule has 4 rings (SSSR count). The third kappa shape index (κ3) is 9.45. The molecule has 0 aromatic heterocycles. The lowest BCUT2D eigenvalue weighted by Gasteiger charge is -2.34. The van der Waals surface area contributed by atoms with Crippen molar-refractivity contribution in [2.24, 2.45) is 5.92 Å². The molecule has 248 valence electrons. The maximum absolute atomic E-state index is 14.4. The molecule has 47 heavy (non-hydrogen) atoms. The lowest BCUT2D eigenvalue weighted by Crippen LogP contribution is -2.53. The van der Waals surface area contributed by atoms with Crippen LogP contribution in [0.15, 0.2) is 114 Å². The summed E-state index contributed by atoms with van der Waals surface area (Å²) in [6, 6.07) is 26.6. The van der Waals surface area contributed by atoms with E-state index in [-0.39, 0.29) is 29.5 Å². The van der Waals surface area contributed by atoms with Gasteiger partial charge in [0.2, 0.25) is 11.8 Å². The molecular weight excluding hydrogens is 627 g/mol. The van der Waals surface area contributed by atoms with E-state index in [9.17, 15) is 31.2 Å². The molecule has 0 fully saturated rings. The third-order valence-electron chi connectivity index (χ3n) is 7.50. The number of amides is 2. The van der Waals surface area contributed by atoms with Crippen molar-refractivity contribution >= 4 is 27.5 Å². The largest absolute Gasteiger partial charge is 0.416 e. The smallest absolute Gasteiger partial charge is 0.354 e. The highest BCUT2D eigenvalue weighted by Gasteiger charge is 2.36. The summed E-state index contributed by atoms with van der Waals surface area (Å²) in [5, 5.41) is 2.90. The van der Waals surface area contributed by atoms with Crippen LogP contribution < -0.4 is 9.62 Å². The fourth-order valence-corrected chi connectivity index (χ4v) is 6.37. The zero-order chi connectivity index (χ0) is 34.2. The van der Waals surface area contributed by atoms with Gasteiger partial charge in [-0.2, -0.15) is 13.2 Å². The Morgan fingerprint density at radius 1 is 0.809 bits per heavy atom. The first-order chi connectivity index (χ1) is 22.3. The van der Waals surface area contributed by atoms with Gasteiger partial charge in [-0.05, 0) is 54.3 Å². The minimum Gasteiger partial charge on any atom is -0.354 e. The predicted octanol–water partition coefficient (Wildman–Crippen LogP) is 6.62. The van der Waals surface area contributed by atoms with Gasteiger partial charge in [-0.25, -0.2) is 8.42 Å². The fourth-order valence-electron chi connectivity index (χ4n) is 4.96. The summed E-state index contributed by atoms with van der Waals surface area (Å²) >= 11 is 0. The molecule has 0 spiro atoms. The number of anilines is 1. The number of hydrogen-bond acceptors (Lipinski definition) is 4. The van der Waals surface area contributed by atoms with Crippen LogP contribution in [0.4, 0.5) is 18.9 Å². The van der Waals surface area contributed by atoms with Crippen LogP contribution in [0.5, 0.6) is 0 Å². The van der Waals surface area contributed by atoms with Crippen molar-refractivity contribution < 1.29 is 31.2 Å². The Morgan fingerprint density at radius 2 is 1.40 bits per heavy atom. The summed E-state index contributed by atoms with van der Waals surface area (Å²) < 4.78 is 70.2. The Balaban J connectivity index is 1.82. The van der Waals surface area contributed by atoms with Gasteiger partial charge in [-0.15, -0.1) is 0 Å². The Hall–Kier alpha value is -4.64. The summed E-state index contributed by atoms with van der Waals surface area (Å²) in [4.78, 5) is 29.3. The van der Waals surface area contributed by atoms with Crippen molar-refractivity contribution in [3.8, 4) is 0 Å². The van der Waals surface area contributed by atoms with Crippen molar-refractivity contribution in [3.05, 3.63) is 131 Å². The number of hydrogen-bond donors (Lipinski definition) is 1. The van der Waals surface area contributed by atoms with Gasteiger partial charge in [0, 0.05) is 19.5 Å². The molecule has 0 bridgehead atoms. The molecule has 0 aliphatic heterocycles. The van der Waals surface area contributed by atoms with Crippen LogP contribution in [0.1, 0.15) is 36.1 Å². The zero-order valence-corrected chi connectivity index (χ0v) is 27.3. The minimum atomic E-state index is -4.76. The number of benzene rings is 4. The molecule has 1 atom stereocenters. The van der Waals surface area contributed by atoms with Crippen LogP contribution in [0.25, 0.3) is 0 Å². The molecule has 7 nitrogen and oxygen atoms in total. The van der Waals surface area contributed by atoms with Crippen LogP contribution in [-0.4, -0.2) is 44.3 Å². The van der Waals surface area contributed by atoms with E-state index in [0.717, 1.165) is 23.3 Å². The number of carbonyl (C=O) groups excluding carboxylic acids is 2. The molecule has 2 amide bonds. The number of nitrogens with zero attached hydrogens (tertiary/aromatic N) is 2. The van der Waals surface area contributed by atoms with Gasteiger partial charge in [-0.1, -0.05) is 98.3 Å². The highest BCUT2D eigenvalue weighted by atomic mass is 32.2. The van der Waals surface area contributed by atoms with Crippen molar-refractivity contribution in [3.63, 3.8) is 0 Å². The van der Waals surface area contributed by atoms with Gasteiger partial charge in [0.15, 0.2) is 0 Å². The summed E-state index contributed by atoms with van der Waals surface area (Å²) in [6.45, 7) is 5.07. The quantitative estimate of drug-likeness (QED) is 0.174. The van der Waals surface area contributed by atoms with E-state index < -0.39 is 46.2 Å². The van der Waals surface area contributed by atoms with E-state index in [0.29, 0.717) is 22.5 Å². The Bertz CT molecular complexity index is 1750. The number of halogens is 3. The zero-order valence-electron chi connectivity index (χ0n) is 26.4. The predicted molar refractivity (Wildman–Crippen MR) is 176 cm³/mol. The topological polar surface area (TPSA) is 86.8 Å². The maximum atomic E-state index is 14.4. The van der Waals surface area contributed by atoms with Gasteiger partial charge in [0.05, 0.1) is 16.1 Å². The molecule has 11 heteroatoms. The number of alkyl halides is 3. The third-order valence-corrected chi connectivity index (χ3v) is 9.29. The molecule has 4 aromatic carbocycles. The Morgan fingerprint density at radius 3 is 1.98 bits per heavy atom. The minimum absolute atomic E-state index is 0.0483. The molecule has 0 unspecified atom stereocenters. The highest BCUT2D eigenvalue weighted by molar-refractivity contribution is 7.92. The molecule has 1 N–H and O–H groups in total. The van der Waals surface area contributed by atoms with Crippen LogP contribution in [0, 0.1) is 12.8 Å². The standard InChI is InChI=1S/C36H38F3N3O4S/c1-26(2)23-40-35(44)33(21-28-11-6-4-7-12-28)41(24-29-13-8-5-9-14-29)34(43)25-42(31-16-10-15-30(22-31)36(37,38)39)47(45,46)32-19-17-27(3)18-20-32/h4-20,22,26,33H,21,23-25H2,1-3H3,(H,40,44)/t33-/m0/s1. The second kappa shape index (κ2) is 15.3. The number of aryl methyl sites for hydroxylation is 1. The number of sulfonamides is 1. The second-order valence-electron chi connectivity index (χ2n) is 11.7. The Labute approximate surface area is 274 Å². The SMILES string of the molecule is Cc1ccc(S(=O)(=O)N(CC(=O)N(Cc2ccccc2)[C@@H](Cc2ccccc2)C(=O)NCC(C)C)c2cccc(C(F)(F)F)c2)cc1. The molecule has 0 radical (unpaired) electrons. The average Bonchev–Trinajstić information content (AvgIpc) is 3.04. The van der Waals surface area contributed by atoms with Crippen molar-refractivity contribution in [2.75, 3.05) is 17.4 Å². The van der Waals surface area contributed by atoms with E-state index in [4.69, 9.17) is 0 Å². The monoisotopic (exact) mass is 665 g/mol. The summed E-state index contributed by atoms with van der Waals surface area (Å²) in [7, 11) is -4.54. The normalized spacial score (nSPS) is 12.4. The lowest BCUT2D eigenvalue weighted by molar-refractivity contribution is -0.140. The molecule has 0 aliphatic rings. The lowest BCUT2D eigenvalue weighted by atomic mass is 10.0. The van der Waals surface area contributed by atoms with Crippen LogP contribution >= 0.6 is 0 Å². The average molecular weight is 666 g/mol. The van der Waals surface area contributed by atoms with E-state index in [2.05, 4.69) is 5.32 Å². The summed E-state index contributed by atoms with van der Waals surface area (Å²) in [5.74, 6) is -1.08. The molecule has 0 saturated carbocycles. The maximum Gasteiger partial charge on any atom is 0.416 e. The van der Waals surface area contributed by atoms with E-state index in [1.807, 2.05) is 44.2 Å².